The Morgan fingerprint density at radius 1 is 1.37 bits per heavy atom. The number of carboxylic acid groups (broad SMARTS) is 1. The lowest BCUT2D eigenvalue weighted by Crippen LogP contribution is -2.70. The SMILES string of the molecule is NC(C(=O)N[C@@H]1C(=O)N2C(C(=O)O)=C(Cl)CS[C@@H]12)c1cccc2sccc12. The van der Waals surface area contributed by atoms with E-state index in [-0.39, 0.29) is 16.5 Å². The molecule has 4 rings (SSSR count). The van der Waals surface area contributed by atoms with Gasteiger partial charge in [-0.15, -0.1) is 23.1 Å². The third kappa shape index (κ3) is 2.91. The zero-order valence-electron chi connectivity index (χ0n) is 13.7. The Labute approximate surface area is 167 Å². The molecule has 2 amide bonds. The maximum atomic E-state index is 12.6. The average molecular weight is 424 g/mol. The number of carbonyl (C=O) groups is 3. The van der Waals surface area contributed by atoms with Gasteiger partial charge in [-0.3, -0.25) is 14.5 Å². The first-order valence-corrected chi connectivity index (χ1v) is 10.3. The summed E-state index contributed by atoms with van der Waals surface area (Å²) in [6.45, 7) is 0. The summed E-state index contributed by atoms with van der Waals surface area (Å²) >= 11 is 8.80. The summed E-state index contributed by atoms with van der Waals surface area (Å²) in [5.74, 6) is -1.98. The van der Waals surface area contributed by atoms with Gasteiger partial charge >= 0.3 is 5.97 Å². The van der Waals surface area contributed by atoms with Gasteiger partial charge in [0.05, 0.1) is 5.03 Å². The monoisotopic (exact) mass is 423 g/mol. The number of hydrogen-bond donors (Lipinski definition) is 3. The van der Waals surface area contributed by atoms with Crippen molar-refractivity contribution in [3.05, 3.63) is 45.9 Å². The number of thioether (sulfide) groups is 1. The molecule has 1 aromatic carbocycles. The Bertz CT molecular complexity index is 1000. The fraction of sp³-hybridized carbons (Fsp3) is 0.235. The molecule has 0 aliphatic carbocycles. The predicted molar refractivity (Wildman–Crippen MR) is 104 cm³/mol. The summed E-state index contributed by atoms with van der Waals surface area (Å²) in [5.41, 5.74) is 6.60. The minimum atomic E-state index is -1.26. The van der Waals surface area contributed by atoms with E-state index < -0.39 is 35.2 Å². The molecule has 10 heteroatoms. The first kappa shape index (κ1) is 18.3. The van der Waals surface area contributed by atoms with Gasteiger partial charge in [0, 0.05) is 10.5 Å². The predicted octanol–water partition coefficient (Wildman–Crippen LogP) is 1.84. The number of halogens is 1. The second-order valence-corrected chi connectivity index (χ2v) is 8.62. The van der Waals surface area contributed by atoms with Crippen LogP contribution in [0.25, 0.3) is 10.1 Å². The molecule has 0 radical (unpaired) electrons. The van der Waals surface area contributed by atoms with E-state index in [2.05, 4.69) is 5.32 Å². The smallest absolute Gasteiger partial charge is 0.353 e. The minimum absolute atomic E-state index is 0.114. The highest BCUT2D eigenvalue weighted by atomic mass is 35.5. The molecule has 2 aliphatic heterocycles. The van der Waals surface area contributed by atoms with Crippen LogP contribution < -0.4 is 11.1 Å². The number of benzene rings is 1. The Morgan fingerprint density at radius 2 is 2.15 bits per heavy atom. The number of β-lactam (4-membered cyclic amide) rings is 1. The van der Waals surface area contributed by atoms with E-state index in [1.165, 1.54) is 11.8 Å². The zero-order valence-corrected chi connectivity index (χ0v) is 16.1. The number of fused-ring (bicyclic) bond motifs is 2. The minimum Gasteiger partial charge on any atom is -0.477 e. The highest BCUT2D eigenvalue weighted by Gasteiger charge is 2.54. The van der Waals surface area contributed by atoms with Crippen LogP contribution in [-0.2, 0) is 14.4 Å². The molecule has 0 bridgehead atoms. The second kappa shape index (κ2) is 6.83. The van der Waals surface area contributed by atoms with Gasteiger partial charge in [-0.25, -0.2) is 4.79 Å². The topological polar surface area (TPSA) is 113 Å². The van der Waals surface area contributed by atoms with Crippen molar-refractivity contribution < 1.29 is 19.5 Å². The molecule has 2 aliphatic rings. The Balaban J connectivity index is 1.52. The Kier molecular flexibility index (Phi) is 4.63. The second-order valence-electron chi connectivity index (χ2n) is 6.11. The van der Waals surface area contributed by atoms with E-state index in [4.69, 9.17) is 17.3 Å². The lowest BCUT2D eigenvalue weighted by molar-refractivity contribution is -0.150. The molecule has 1 fully saturated rings. The summed E-state index contributed by atoms with van der Waals surface area (Å²) in [4.78, 5) is 37.6. The third-order valence-corrected chi connectivity index (χ3v) is 7.20. The van der Waals surface area contributed by atoms with Gasteiger partial charge in [0.2, 0.25) is 5.91 Å². The molecule has 7 nitrogen and oxygen atoms in total. The van der Waals surface area contributed by atoms with Gasteiger partial charge in [0.1, 0.15) is 23.2 Å². The lowest BCUT2D eigenvalue weighted by atomic mass is 10.0. The number of nitrogens with zero attached hydrogens (tertiary/aromatic N) is 1. The first-order chi connectivity index (χ1) is 12.9. The van der Waals surface area contributed by atoms with Crippen molar-refractivity contribution in [2.24, 2.45) is 5.73 Å². The maximum absolute atomic E-state index is 12.6. The van der Waals surface area contributed by atoms with Gasteiger partial charge in [-0.1, -0.05) is 23.7 Å². The van der Waals surface area contributed by atoms with Crippen LogP contribution in [0.1, 0.15) is 11.6 Å². The summed E-state index contributed by atoms with van der Waals surface area (Å²) in [6.07, 6.45) is 0. The van der Waals surface area contributed by atoms with Gasteiger partial charge in [0.25, 0.3) is 5.91 Å². The molecule has 1 saturated heterocycles. The fourth-order valence-corrected chi connectivity index (χ4v) is 5.63. The number of rotatable bonds is 4. The molecule has 4 N–H and O–H groups in total. The average Bonchev–Trinajstić information content (AvgIpc) is 3.13. The Morgan fingerprint density at radius 3 is 2.89 bits per heavy atom. The lowest BCUT2D eigenvalue weighted by Gasteiger charge is -2.48. The van der Waals surface area contributed by atoms with Crippen molar-refractivity contribution in [1.82, 2.24) is 10.2 Å². The number of carboxylic acids is 1. The van der Waals surface area contributed by atoms with Gasteiger partial charge in [0.15, 0.2) is 0 Å². The molecular weight excluding hydrogens is 410 g/mol. The van der Waals surface area contributed by atoms with E-state index in [1.54, 1.807) is 17.4 Å². The van der Waals surface area contributed by atoms with E-state index in [0.29, 0.717) is 5.56 Å². The van der Waals surface area contributed by atoms with Crippen LogP contribution in [0.4, 0.5) is 0 Å². The highest BCUT2D eigenvalue weighted by molar-refractivity contribution is 8.00. The number of nitrogens with two attached hydrogens (primary N) is 1. The van der Waals surface area contributed by atoms with Gasteiger partial charge < -0.3 is 16.2 Å². The highest BCUT2D eigenvalue weighted by Crippen LogP contribution is 2.41. The molecule has 27 heavy (non-hydrogen) atoms. The van der Waals surface area contributed by atoms with Crippen molar-refractivity contribution in [2.75, 3.05) is 5.75 Å². The van der Waals surface area contributed by atoms with E-state index in [1.807, 2.05) is 23.6 Å². The summed E-state index contributed by atoms with van der Waals surface area (Å²) in [7, 11) is 0. The fourth-order valence-electron chi connectivity index (χ4n) is 3.26. The largest absolute Gasteiger partial charge is 0.477 e. The number of nitrogens with one attached hydrogen (secondary N) is 1. The van der Waals surface area contributed by atoms with Crippen molar-refractivity contribution in [3.8, 4) is 0 Å². The maximum Gasteiger partial charge on any atom is 0.353 e. The van der Waals surface area contributed by atoms with Crippen LogP contribution >= 0.6 is 34.7 Å². The number of amides is 2. The van der Waals surface area contributed by atoms with Crippen LogP contribution in [0.15, 0.2) is 40.4 Å². The molecule has 0 saturated carbocycles. The van der Waals surface area contributed by atoms with Crippen LogP contribution in [0, 0.1) is 0 Å². The van der Waals surface area contributed by atoms with Gasteiger partial charge in [-0.2, -0.15) is 0 Å². The van der Waals surface area contributed by atoms with Crippen LogP contribution in [0.3, 0.4) is 0 Å². The normalized spacial score (nSPS) is 23.0. The van der Waals surface area contributed by atoms with Crippen LogP contribution in [-0.4, -0.2) is 45.0 Å². The standard InChI is InChI=1S/C17H14ClN3O4S2/c18-9-6-27-16-12(15(23)21(16)13(9)17(24)25)20-14(22)11(19)8-2-1-3-10-7(8)4-5-26-10/h1-5,11-12,16H,6,19H2,(H,20,22)(H,24,25)/t11?,12-,16+/m1/s1. The molecule has 0 spiro atoms. The molecule has 3 atom stereocenters. The summed E-state index contributed by atoms with van der Waals surface area (Å²) in [6, 6.07) is 5.71. The van der Waals surface area contributed by atoms with E-state index >= 15 is 0 Å². The number of hydrogen-bond acceptors (Lipinski definition) is 6. The van der Waals surface area contributed by atoms with Crippen molar-refractivity contribution in [2.45, 2.75) is 17.5 Å². The third-order valence-electron chi connectivity index (χ3n) is 4.57. The van der Waals surface area contributed by atoms with Crippen molar-refractivity contribution in [1.29, 1.82) is 0 Å². The molecule has 3 heterocycles. The summed E-state index contributed by atoms with van der Waals surface area (Å²) in [5, 5.41) is 14.4. The first-order valence-electron chi connectivity index (χ1n) is 7.99. The number of thiophene rings is 1. The molecule has 140 valence electrons. The Hall–Kier alpha value is -2.07. The quantitative estimate of drug-likeness (QED) is 0.647. The number of carbonyl (C=O) groups excluding carboxylic acids is 2. The van der Waals surface area contributed by atoms with Crippen LogP contribution in [0.2, 0.25) is 0 Å². The number of aliphatic carboxylic acids is 1. The van der Waals surface area contributed by atoms with E-state index in [9.17, 15) is 19.5 Å². The molecular formula is C17H14ClN3O4S2. The summed E-state index contributed by atoms with van der Waals surface area (Å²) < 4.78 is 1.02. The molecule has 2 aromatic rings. The molecule has 1 unspecified atom stereocenters. The van der Waals surface area contributed by atoms with Crippen LogP contribution in [0.5, 0.6) is 0 Å². The van der Waals surface area contributed by atoms with E-state index in [0.717, 1.165) is 15.0 Å². The van der Waals surface area contributed by atoms with Crippen molar-refractivity contribution >= 4 is 62.6 Å². The molecule has 1 aromatic heterocycles. The van der Waals surface area contributed by atoms with Crippen molar-refractivity contribution in [3.63, 3.8) is 0 Å². The zero-order chi connectivity index (χ0) is 19.3. The van der Waals surface area contributed by atoms with Gasteiger partial charge in [-0.05, 0) is 28.5 Å².